The summed E-state index contributed by atoms with van der Waals surface area (Å²) >= 11 is 1.50. The van der Waals surface area contributed by atoms with Crippen LogP contribution in [0.1, 0.15) is 11.3 Å². The molecule has 0 fully saturated rings. The third-order valence-corrected chi connectivity index (χ3v) is 4.80. The molecule has 2 aromatic carbocycles. The molecule has 3 rings (SSSR count). The summed E-state index contributed by atoms with van der Waals surface area (Å²) < 4.78 is 10.6. The van der Waals surface area contributed by atoms with Crippen LogP contribution < -0.4 is 14.8 Å². The van der Waals surface area contributed by atoms with Crippen molar-refractivity contribution in [1.82, 2.24) is 10.3 Å². The molecular weight excluding hydrogens is 348 g/mol. The first-order valence-electron chi connectivity index (χ1n) is 8.17. The van der Waals surface area contributed by atoms with Crippen molar-refractivity contribution in [1.29, 1.82) is 0 Å². The lowest BCUT2D eigenvalue weighted by atomic mass is 10.2. The monoisotopic (exact) mass is 368 g/mol. The van der Waals surface area contributed by atoms with E-state index in [2.05, 4.69) is 10.3 Å². The predicted molar refractivity (Wildman–Crippen MR) is 103 cm³/mol. The lowest BCUT2D eigenvalue weighted by Gasteiger charge is -2.08. The van der Waals surface area contributed by atoms with Crippen molar-refractivity contribution >= 4 is 17.2 Å². The van der Waals surface area contributed by atoms with E-state index >= 15 is 0 Å². The van der Waals surface area contributed by atoms with Crippen molar-refractivity contribution in [3.8, 4) is 22.1 Å². The summed E-state index contributed by atoms with van der Waals surface area (Å²) in [5.74, 6) is 1.29. The van der Waals surface area contributed by atoms with Gasteiger partial charge in [-0.3, -0.25) is 4.79 Å². The van der Waals surface area contributed by atoms with Gasteiger partial charge in [0.05, 0.1) is 26.3 Å². The standard InChI is InChI=1S/C20H20N2O3S/c1-24-17-9-8-15(10-18(17)25-2)20-22-16(13-26-20)11-19(23)21-12-14-6-4-3-5-7-14/h3-10,13H,11-12H2,1-2H3,(H,21,23). The number of nitrogens with one attached hydrogen (secondary N) is 1. The molecule has 0 aliphatic heterocycles. The first kappa shape index (κ1) is 17.9. The number of aromatic nitrogens is 1. The number of ether oxygens (including phenoxy) is 2. The molecule has 1 N–H and O–H groups in total. The summed E-state index contributed by atoms with van der Waals surface area (Å²) in [5, 5.41) is 5.67. The Morgan fingerprint density at radius 1 is 1.08 bits per heavy atom. The maximum Gasteiger partial charge on any atom is 0.226 e. The zero-order valence-electron chi connectivity index (χ0n) is 14.7. The third-order valence-electron chi connectivity index (χ3n) is 3.86. The van der Waals surface area contributed by atoms with Gasteiger partial charge in [0.1, 0.15) is 5.01 Å². The van der Waals surface area contributed by atoms with Crippen LogP contribution in [0.15, 0.2) is 53.9 Å². The van der Waals surface area contributed by atoms with E-state index in [0.29, 0.717) is 18.0 Å². The maximum absolute atomic E-state index is 12.1. The average Bonchev–Trinajstić information content (AvgIpc) is 3.15. The van der Waals surface area contributed by atoms with Gasteiger partial charge in [0.2, 0.25) is 5.91 Å². The van der Waals surface area contributed by atoms with Gasteiger partial charge in [0.25, 0.3) is 0 Å². The van der Waals surface area contributed by atoms with Gasteiger partial charge in [-0.25, -0.2) is 4.98 Å². The van der Waals surface area contributed by atoms with E-state index in [9.17, 15) is 4.79 Å². The average molecular weight is 368 g/mol. The molecule has 0 unspecified atom stereocenters. The lowest BCUT2D eigenvalue weighted by molar-refractivity contribution is -0.120. The van der Waals surface area contributed by atoms with Crippen molar-refractivity contribution < 1.29 is 14.3 Å². The van der Waals surface area contributed by atoms with Crippen LogP contribution in [0.25, 0.3) is 10.6 Å². The minimum Gasteiger partial charge on any atom is -0.493 e. The molecule has 1 amide bonds. The minimum absolute atomic E-state index is 0.0435. The van der Waals surface area contributed by atoms with E-state index in [1.54, 1.807) is 14.2 Å². The number of thiazole rings is 1. The summed E-state index contributed by atoms with van der Waals surface area (Å²) in [6.07, 6.45) is 0.261. The highest BCUT2D eigenvalue weighted by molar-refractivity contribution is 7.13. The Labute approximate surface area is 156 Å². The van der Waals surface area contributed by atoms with Crippen LogP contribution in [0.3, 0.4) is 0 Å². The summed E-state index contributed by atoms with van der Waals surface area (Å²) in [7, 11) is 3.21. The first-order valence-corrected chi connectivity index (χ1v) is 9.05. The van der Waals surface area contributed by atoms with Gasteiger partial charge in [-0.05, 0) is 23.8 Å². The van der Waals surface area contributed by atoms with Crippen LogP contribution in [0.4, 0.5) is 0 Å². The van der Waals surface area contributed by atoms with E-state index < -0.39 is 0 Å². The van der Waals surface area contributed by atoms with Crippen LogP contribution >= 0.6 is 11.3 Å². The van der Waals surface area contributed by atoms with Gasteiger partial charge < -0.3 is 14.8 Å². The number of rotatable bonds is 7. The smallest absolute Gasteiger partial charge is 0.226 e. The Morgan fingerprint density at radius 3 is 2.58 bits per heavy atom. The number of amides is 1. The van der Waals surface area contributed by atoms with E-state index in [-0.39, 0.29) is 12.3 Å². The second-order valence-electron chi connectivity index (χ2n) is 5.65. The van der Waals surface area contributed by atoms with Crippen molar-refractivity contribution in [3.63, 3.8) is 0 Å². The fourth-order valence-electron chi connectivity index (χ4n) is 2.51. The number of hydrogen-bond donors (Lipinski definition) is 1. The van der Waals surface area contributed by atoms with E-state index in [1.165, 1.54) is 11.3 Å². The quantitative estimate of drug-likeness (QED) is 0.691. The van der Waals surface area contributed by atoms with Crippen molar-refractivity contribution in [2.45, 2.75) is 13.0 Å². The normalized spacial score (nSPS) is 10.4. The molecule has 0 aliphatic rings. The maximum atomic E-state index is 12.1. The molecule has 0 bridgehead atoms. The molecule has 0 saturated carbocycles. The Morgan fingerprint density at radius 2 is 1.85 bits per heavy atom. The second kappa shape index (κ2) is 8.49. The molecule has 1 aromatic heterocycles. The second-order valence-corrected chi connectivity index (χ2v) is 6.51. The largest absolute Gasteiger partial charge is 0.493 e. The summed E-state index contributed by atoms with van der Waals surface area (Å²) in [6, 6.07) is 15.5. The molecule has 0 saturated heterocycles. The molecular formula is C20H20N2O3S. The number of methoxy groups -OCH3 is 2. The number of carbonyl (C=O) groups excluding carboxylic acids is 1. The van der Waals surface area contributed by atoms with Crippen molar-refractivity contribution in [3.05, 3.63) is 65.2 Å². The molecule has 0 atom stereocenters. The highest BCUT2D eigenvalue weighted by atomic mass is 32.1. The van der Waals surface area contributed by atoms with E-state index in [0.717, 1.165) is 21.8 Å². The van der Waals surface area contributed by atoms with E-state index in [1.807, 2.05) is 53.9 Å². The Hall–Kier alpha value is -2.86. The van der Waals surface area contributed by atoms with Gasteiger partial charge in [0, 0.05) is 17.5 Å². The van der Waals surface area contributed by atoms with Crippen LogP contribution in [-0.4, -0.2) is 25.1 Å². The molecule has 26 heavy (non-hydrogen) atoms. The molecule has 0 radical (unpaired) electrons. The fourth-order valence-corrected chi connectivity index (χ4v) is 3.33. The third kappa shape index (κ3) is 4.40. The van der Waals surface area contributed by atoms with Crippen LogP contribution in [0.2, 0.25) is 0 Å². The molecule has 0 aliphatic carbocycles. The number of hydrogen-bond acceptors (Lipinski definition) is 5. The summed E-state index contributed by atoms with van der Waals surface area (Å²) in [6.45, 7) is 0.520. The molecule has 134 valence electrons. The van der Waals surface area contributed by atoms with Gasteiger partial charge in [-0.2, -0.15) is 0 Å². The Bertz CT molecular complexity index is 878. The SMILES string of the molecule is COc1ccc(-c2nc(CC(=O)NCc3ccccc3)cs2)cc1OC. The molecule has 0 spiro atoms. The van der Waals surface area contributed by atoms with Crippen LogP contribution in [0.5, 0.6) is 11.5 Å². The molecule has 1 heterocycles. The molecule has 6 heteroatoms. The van der Waals surface area contributed by atoms with Crippen LogP contribution in [-0.2, 0) is 17.8 Å². The summed E-state index contributed by atoms with van der Waals surface area (Å²) in [4.78, 5) is 16.7. The zero-order valence-corrected chi connectivity index (χ0v) is 15.5. The van der Waals surface area contributed by atoms with Gasteiger partial charge in [-0.1, -0.05) is 30.3 Å². The highest BCUT2D eigenvalue weighted by Gasteiger charge is 2.11. The summed E-state index contributed by atoms with van der Waals surface area (Å²) in [5.41, 5.74) is 2.76. The Balaban J connectivity index is 1.63. The zero-order chi connectivity index (χ0) is 18.4. The molecule has 5 nitrogen and oxygen atoms in total. The van der Waals surface area contributed by atoms with E-state index in [4.69, 9.17) is 9.47 Å². The van der Waals surface area contributed by atoms with Gasteiger partial charge >= 0.3 is 0 Å². The number of benzene rings is 2. The number of carbonyl (C=O) groups is 1. The van der Waals surface area contributed by atoms with Gasteiger partial charge in [0.15, 0.2) is 11.5 Å². The molecule has 3 aromatic rings. The highest BCUT2D eigenvalue weighted by Crippen LogP contribution is 2.33. The van der Waals surface area contributed by atoms with Crippen molar-refractivity contribution in [2.24, 2.45) is 0 Å². The van der Waals surface area contributed by atoms with Gasteiger partial charge in [-0.15, -0.1) is 11.3 Å². The lowest BCUT2D eigenvalue weighted by Crippen LogP contribution is -2.24. The first-order chi connectivity index (χ1) is 12.7. The Kier molecular flexibility index (Phi) is 5.86. The van der Waals surface area contributed by atoms with Crippen LogP contribution in [0, 0.1) is 0 Å². The minimum atomic E-state index is -0.0435. The van der Waals surface area contributed by atoms with Crippen molar-refractivity contribution in [2.75, 3.05) is 14.2 Å². The predicted octanol–water partition coefficient (Wildman–Crippen LogP) is 3.69. The fraction of sp³-hybridized carbons (Fsp3) is 0.200. The topological polar surface area (TPSA) is 60.5 Å². The number of nitrogens with zero attached hydrogens (tertiary/aromatic N) is 1.